The van der Waals surface area contributed by atoms with Gasteiger partial charge in [-0.25, -0.2) is 9.97 Å². The SMILES string of the molecule is CC(=O)NC1CCN(c2nc(-c3ccncc3)nc3c2CCNCC3)C1. The minimum atomic E-state index is 0.0278. The molecule has 1 saturated heterocycles. The van der Waals surface area contributed by atoms with Crippen LogP contribution in [0.5, 0.6) is 0 Å². The molecule has 4 rings (SSSR count). The number of carbonyl (C=O) groups is 1. The lowest BCUT2D eigenvalue weighted by Crippen LogP contribution is -2.36. The normalized spacial score (nSPS) is 19.7. The quantitative estimate of drug-likeness (QED) is 0.856. The van der Waals surface area contributed by atoms with Crippen LogP contribution in [-0.4, -0.2) is 53.1 Å². The maximum Gasteiger partial charge on any atom is 0.217 e. The fraction of sp³-hybridized carbons (Fsp3) is 0.474. The molecule has 0 bridgehead atoms. The van der Waals surface area contributed by atoms with E-state index in [0.29, 0.717) is 0 Å². The summed E-state index contributed by atoms with van der Waals surface area (Å²) in [5.74, 6) is 1.81. The van der Waals surface area contributed by atoms with Gasteiger partial charge in [0.2, 0.25) is 5.91 Å². The van der Waals surface area contributed by atoms with Crippen LogP contribution >= 0.6 is 0 Å². The zero-order valence-corrected chi connectivity index (χ0v) is 15.0. The Morgan fingerprint density at radius 1 is 1.23 bits per heavy atom. The lowest BCUT2D eigenvalue weighted by atomic mass is 10.1. The van der Waals surface area contributed by atoms with Crippen LogP contribution in [0.3, 0.4) is 0 Å². The first-order chi connectivity index (χ1) is 12.7. The van der Waals surface area contributed by atoms with Gasteiger partial charge in [0.25, 0.3) is 0 Å². The lowest BCUT2D eigenvalue weighted by Gasteiger charge is -2.23. The lowest BCUT2D eigenvalue weighted by molar-refractivity contribution is -0.119. The molecule has 0 aromatic carbocycles. The number of rotatable bonds is 3. The predicted octanol–water partition coefficient (Wildman–Crippen LogP) is 0.942. The van der Waals surface area contributed by atoms with Crippen molar-refractivity contribution in [2.75, 3.05) is 31.1 Å². The summed E-state index contributed by atoms with van der Waals surface area (Å²) in [4.78, 5) is 27.6. The molecule has 1 fully saturated rings. The largest absolute Gasteiger partial charge is 0.354 e. The minimum Gasteiger partial charge on any atom is -0.354 e. The van der Waals surface area contributed by atoms with Gasteiger partial charge in [0.1, 0.15) is 5.82 Å². The van der Waals surface area contributed by atoms with Crippen molar-refractivity contribution in [2.24, 2.45) is 0 Å². The van der Waals surface area contributed by atoms with Gasteiger partial charge in [-0.2, -0.15) is 0 Å². The molecule has 2 aliphatic rings. The monoisotopic (exact) mass is 352 g/mol. The first kappa shape index (κ1) is 16.9. The molecule has 0 radical (unpaired) electrons. The van der Waals surface area contributed by atoms with Crippen molar-refractivity contribution in [3.63, 3.8) is 0 Å². The van der Waals surface area contributed by atoms with Gasteiger partial charge >= 0.3 is 0 Å². The van der Waals surface area contributed by atoms with Gasteiger partial charge in [-0.3, -0.25) is 9.78 Å². The summed E-state index contributed by atoms with van der Waals surface area (Å²) in [6.07, 6.45) is 6.33. The van der Waals surface area contributed by atoms with Crippen molar-refractivity contribution in [1.82, 2.24) is 25.6 Å². The predicted molar refractivity (Wildman–Crippen MR) is 100.0 cm³/mol. The Balaban J connectivity index is 1.71. The summed E-state index contributed by atoms with van der Waals surface area (Å²) in [5, 5.41) is 6.49. The van der Waals surface area contributed by atoms with Gasteiger partial charge in [0.05, 0.1) is 5.69 Å². The Labute approximate surface area is 153 Å². The van der Waals surface area contributed by atoms with Crippen molar-refractivity contribution in [2.45, 2.75) is 32.2 Å². The zero-order valence-electron chi connectivity index (χ0n) is 15.0. The number of nitrogens with one attached hydrogen (secondary N) is 2. The molecular weight excluding hydrogens is 328 g/mol. The van der Waals surface area contributed by atoms with E-state index in [2.05, 4.69) is 20.5 Å². The molecule has 0 spiro atoms. The third-order valence-electron chi connectivity index (χ3n) is 4.99. The molecule has 0 aliphatic carbocycles. The molecule has 136 valence electrons. The Morgan fingerprint density at radius 3 is 2.85 bits per heavy atom. The van der Waals surface area contributed by atoms with E-state index >= 15 is 0 Å². The minimum absolute atomic E-state index is 0.0278. The molecule has 2 N–H and O–H groups in total. The summed E-state index contributed by atoms with van der Waals surface area (Å²) in [7, 11) is 0. The van der Waals surface area contributed by atoms with Gasteiger partial charge in [0, 0.05) is 62.5 Å². The van der Waals surface area contributed by atoms with Gasteiger partial charge in [-0.05, 0) is 31.5 Å². The van der Waals surface area contributed by atoms with Crippen LogP contribution in [0.15, 0.2) is 24.5 Å². The number of hydrogen-bond acceptors (Lipinski definition) is 6. The third-order valence-corrected chi connectivity index (χ3v) is 4.99. The molecule has 7 heteroatoms. The number of amides is 1. The maximum absolute atomic E-state index is 11.4. The highest BCUT2D eigenvalue weighted by Crippen LogP contribution is 2.29. The topological polar surface area (TPSA) is 83.0 Å². The van der Waals surface area contributed by atoms with E-state index in [4.69, 9.17) is 9.97 Å². The summed E-state index contributed by atoms with van der Waals surface area (Å²) < 4.78 is 0. The molecule has 2 aromatic heterocycles. The van der Waals surface area contributed by atoms with E-state index in [1.165, 1.54) is 5.56 Å². The van der Waals surface area contributed by atoms with Gasteiger partial charge in [-0.15, -0.1) is 0 Å². The smallest absolute Gasteiger partial charge is 0.217 e. The molecule has 2 aromatic rings. The van der Waals surface area contributed by atoms with Crippen LogP contribution in [0, 0.1) is 0 Å². The van der Waals surface area contributed by atoms with Crippen molar-refractivity contribution < 1.29 is 4.79 Å². The highest BCUT2D eigenvalue weighted by molar-refractivity contribution is 5.73. The molecule has 4 heterocycles. The van der Waals surface area contributed by atoms with Crippen LogP contribution in [-0.2, 0) is 17.6 Å². The van der Waals surface area contributed by atoms with E-state index in [1.54, 1.807) is 19.3 Å². The van der Waals surface area contributed by atoms with Gasteiger partial charge < -0.3 is 15.5 Å². The number of hydrogen-bond donors (Lipinski definition) is 2. The Morgan fingerprint density at radius 2 is 2.04 bits per heavy atom. The van der Waals surface area contributed by atoms with E-state index in [0.717, 1.165) is 68.3 Å². The number of aromatic nitrogens is 3. The van der Waals surface area contributed by atoms with Crippen molar-refractivity contribution in [1.29, 1.82) is 0 Å². The van der Waals surface area contributed by atoms with Crippen LogP contribution in [0.2, 0.25) is 0 Å². The number of anilines is 1. The standard InChI is InChI=1S/C19H24N6O/c1-13(26)22-15-6-11-25(12-15)19-16-4-9-21-10-5-17(16)23-18(24-19)14-2-7-20-8-3-14/h2-3,7-8,15,21H,4-6,9-12H2,1H3,(H,22,26). The number of carbonyl (C=O) groups excluding carboxylic acids is 1. The highest BCUT2D eigenvalue weighted by Gasteiger charge is 2.28. The Bertz CT molecular complexity index is 794. The Kier molecular flexibility index (Phi) is 4.79. The number of nitrogens with zero attached hydrogens (tertiary/aromatic N) is 4. The summed E-state index contributed by atoms with van der Waals surface area (Å²) in [6, 6.07) is 4.08. The number of fused-ring (bicyclic) bond motifs is 1. The van der Waals surface area contributed by atoms with Crippen molar-refractivity contribution in [3.8, 4) is 11.4 Å². The Hall–Kier alpha value is -2.54. The molecule has 2 aliphatic heterocycles. The zero-order chi connectivity index (χ0) is 17.9. The van der Waals surface area contributed by atoms with Crippen LogP contribution in [0.25, 0.3) is 11.4 Å². The fourth-order valence-electron chi connectivity index (χ4n) is 3.77. The molecule has 7 nitrogen and oxygen atoms in total. The van der Waals surface area contributed by atoms with E-state index in [-0.39, 0.29) is 11.9 Å². The van der Waals surface area contributed by atoms with E-state index in [1.807, 2.05) is 12.1 Å². The van der Waals surface area contributed by atoms with Gasteiger partial charge in [0.15, 0.2) is 5.82 Å². The average Bonchev–Trinajstić information content (AvgIpc) is 2.96. The van der Waals surface area contributed by atoms with Gasteiger partial charge in [-0.1, -0.05) is 0 Å². The van der Waals surface area contributed by atoms with Crippen LogP contribution in [0.4, 0.5) is 5.82 Å². The molecule has 26 heavy (non-hydrogen) atoms. The van der Waals surface area contributed by atoms with Crippen molar-refractivity contribution >= 4 is 11.7 Å². The first-order valence-corrected chi connectivity index (χ1v) is 9.23. The number of pyridine rings is 1. The van der Waals surface area contributed by atoms with Crippen LogP contribution in [0.1, 0.15) is 24.6 Å². The summed E-state index contributed by atoms with van der Waals surface area (Å²) >= 11 is 0. The first-order valence-electron chi connectivity index (χ1n) is 9.23. The molecule has 1 amide bonds. The molecule has 0 saturated carbocycles. The summed E-state index contributed by atoms with van der Waals surface area (Å²) in [5.41, 5.74) is 3.37. The van der Waals surface area contributed by atoms with E-state index in [9.17, 15) is 4.79 Å². The second kappa shape index (κ2) is 7.37. The average molecular weight is 352 g/mol. The third kappa shape index (κ3) is 3.53. The molecular formula is C19H24N6O. The maximum atomic E-state index is 11.4. The van der Waals surface area contributed by atoms with Crippen LogP contribution < -0.4 is 15.5 Å². The highest BCUT2D eigenvalue weighted by atomic mass is 16.1. The molecule has 1 unspecified atom stereocenters. The van der Waals surface area contributed by atoms with E-state index < -0.39 is 0 Å². The fourth-order valence-corrected chi connectivity index (χ4v) is 3.77. The second-order valence-electron chi connectivity index (χ2n) is 6.91. The summed E-state index contributed by atoms with van der Waals surface area (Å²) in [6.45, 7) is 5.16. The second-order valence-corrected chi connectivity index (χ2v) is 6.91. The molecule has 1 atom stereocenters. The van der Waals surface area contributed by atoms with Crippen molar-refractivity contribution in [3.05, 3.63) is 35.8 Å².